The molecule has 1 saturated heterocycles. The summed E-state index contributed by atoms with van der Waals surface area (Å²) in [6.45, 7) is 6.86. The van der Waals surface area contributed by atoms with E-state index in [2.05, 4.69) is 29.9 Å². The molecule has 0 aliphatic carbocycles. The Kier molecular flexibility index (Phi) is 3.57. The predicted molar refractivity (Wildman–Crippen MR) is 79.1 cm³/mol. The van der Waals surface area contributed by atoms with E-state index in [4.69, 9.17) is 0 Å². The highest BCUT2D eigenvalue weighted by Crippen LogP contribution is 2.22. The normalized spacial score (nSPS) is 20.1. The van der Waals surface area contributed by atoms with Crippen molar-refractivity contribution in [3.05, 3.63) is 35.8 Å². The second-order valence-corrected chi connectivity index (χ2v) is 5.99. The van der Waals surface area contributed by atoms with Gasteiger partial charge in [-0.3, -0.25) is 4.79 Å². The summed E-state index contributed by atoms with van der Waals surface area (Å²) >= 11 is 0. The largest absolute Gasteiger partial charge is 0.306 e. The number of carbonyl (C=O) groups excluding carboxylic acids is 1. The Labute approximate surface area is 119 Å². The Morgan fingerprint density at radius 2 is 2.35 bits per heavy atom. The van der Waals surface area contributed by atoms with Crippen LogP contribution in [-0.4, -0.2) is 39.7 Å². The molecule has 4 heteroatoms. The van der Waals surface area contributed by atoms with Gasteiger partial charge in [0.2, 0.25) is 0 Å². The summed E-state index contributed by atoms with van der Waals surface area (Å²) in [5.41, 5.74) is 2.53. The van der Waals surface area contributed by atoms with Crippen molar-refractivity contribution in [2.45, 2.75) is 32.7 Å². The summed E-state index contributed by atoms with van der Waals surface area (Å²) in [6, 6.07) is 4.33. The first kappa shape index (κ1) is 13.3. The number of aromatic nitrogens is 2. The number of hydrogen-bond acceptors (Lipinski definition) is 3. The Balaban J connectivity index is 1.77. The highest BCUT2D eigenvalue weighted by atomic mass is 16.1. The number of pyridine rings is 1. The Morgan fingerprint density at radius 1 is 1.50 bits per heavy atom. The van der Waals surface area contributed by atoms with Crippen LogP contribution in [0.2, 0.25) is 0 Å². The molecule has 0 saturated carbocycles. The first-order chi connectivity index (χ1) is 9.67. The lowest BCUT2D eigenvalue weighted by molar-refractivity contribution is 0.112. The smallest absolute Gasteiger partial charge is 0.153 e. The molecule has 4 nitrogen and oxygen atoms in total. The van der Waals surface area contributed by atoms with Gasteiger partial charge in [0.1, 0.15) is 5.65 Å². The van der Waals surface area contributed by atoms with Crippen molar-refractivity contribution in [3.63, 3.8) is 0 Å². The quantitative estimate of drug-likeness (QED) is 0.801. The molecule has 2 aromatic rings. The van der Waals surface area contributed by atoms with Gasteiger partial charge in [0.15, 0.2) is 6.29 Å². The molecule has 0 amide bonds. The van der Waals surface area contributed by atoms with Crippen LogP contribution in [0, 0.1) is 5.92 Å². The third kappa shape index (κ3) is 2.48. The molecule has 3 heterocycles. The van der Waals surface area contributed by atoms with Crippen LogP contribution in [0.5, 0.6) is 0 Å². The molecular weight excluding hydrogens is 250 g/mol. The van der Waals surface area contributed by atoms with E-state index in [1.54, 1.807) is 0 Å². The van der Waals surface area contributed by atoms with Gasteiger partial charge in [0.25, 0.3) is 0 Å². The summed E-state index contributed by atoms with van der Waals surface area (Å²) in [7, 11) is 0. The second-order valence-electron chi connectivity index (χ2n) is 5.99. The lowest BCUT2D eigenvalue weighted by atomic mass is 10.0. The number of imidazole rings is 1. The third-order valence-corrected chi connectivity index (χ3v) is 4.24. The molecule has 0 spiro atoms. The zero-order valence-corrected chi connectivity index (χ0v) is 12.1. The molecule has 20 heavy (non-hydrogen) atoms. The number of aldehydes is 1. The van der Waals surface area contributed by atoms with Gasteiger partial charge in [0, 0.05) is 25.0 Å². The van der Waals surface area contributed by atoms with Crippen LogP contribution in [0.4, 0.5) is 0 Å². The molecule has 1 aliphatic heterocycles. The molecular formula is C16H21N3O. The minimum absolute atomic E-state index is 0.628. The van der Waals surface area contributed by atoms with Crippen LogP contribution in [0.15, 0.2) is 24.5 Å². The van der Waals surface area contributed by atoms with Gasteiger partial charge < -0.3 is 9.30 Å². The van der Waals surface area contributed by atoms with Crippen molar-refractivity contribution in [2.75, 3.05) is 13.1 Å². The SMILES string of the molecule is CC(C)N1CCC(Cc2cn3cccc(C=O)c3n2)C1. The fraction of sp³-hybridized carbons (Fsp3) is 0.500. The molecule has 106 valence electrons. The third-order valence-electron chi connectivity index (χ3n) is 4.24. The van der Waals surface area contributed by atoms with Gasteiger partial charge in [-0.15, -0.1) is 0 Å². The molecule has 1 aliphatic rings. The Hall–Kier alpha value is -1.68. The topological polar surface area (TPSA) is 37.6 Å². The van der Waals surface area contributed by atoms with Gasteiger partial charge in [-0.2, -0.15) is 0 Å². The van der Waals surface area contributed by atoms with E-state index in [0.717, 1.165) is 30.6 Å². The van der Waals surface area contributed by atoms with Crippen molar-refractivity contribution < 1.29 is 4.79 Å². The molecule has 3 rings (SSSR count). The van der Waals surface area contributed by atoms with Crippen molar-refractivity contribution in [1.29, 1.82) is 0 Å². The maximum absolute atomic E-state index is 11.0. The van der Waals surface area contributed by atoms with Crippen LogP contribution in [0.3, 0.4) is 0 Å². The van der Waals surface area contributed by atoms with Crippen LogP contribution in [0.1, 0.15) is 36.3 Å². The summed E-state index contributed by atoms with van der Waals surface area (Å²) in [5.74, 6) is 0.682. The average molecular weight is 271 g/mol. The first-order valence-corrected chi connectivity index (χ1v) is 7.33. The zero-order chi connectivity index (χ0) is 14.1. The van der Waals surface area contributed by atoms with Crippen molar-refractivity contribution in [1.82, 2.24) is 14.3 Å². The number of likely N-dealkylation sites (tertiary alicyclic amines) is 1. The fourth-order valence-corrected chi connectivity index (χ4v) is 3.07. The van der Waals surface area contributed by atoms with E-state index in [1.807, 2.05) is 22.7 Å². The van der Waals surface area contributed by atoms with Gasteiger partial charge >= 0.3 is 0 Å². The fourth-order valence-electron chi connectivity index (χ4n) is 3.07. The van der Waals surface area contributed by atoms with Gasteiger partial charge in [0.05, 0.1) is 11.3 Å². The van der Waals surface area contributed by atoms with Crippen LogP contribution in [-0.2, 0) is 6.42 Å². The molecule has 0 aromatic carbocycles. The number of nitrogens with zero attached hydrogens (tertiary/aromatic N) is 3. The molecule has 1 atom stereocenters. The number of carbonyl (C=O) groups is 1. The lowest BCUT2D eigenvalue weighted by Crippen LogP contribution is -2.28. The van der Waals surface area contributed by atoms with Crippen molar-refractivity contribution in [2.24, 2.45) is 5.92 Å². The Morgan fingerprint density at radius 3 is 3.05 bits per heavy atom. The van der Waals surface area contributed by atoms with Gasteiger partial charge in [-0.05, 0) is 51.3 Å². The van der Waals surface area contributed by atoms with Crippen molar-refractivity contribution >= 4 is 11.9 Å². The monoisotopic (exact) mass is 271 g/mol. The molecule has 0 radical (unpaired) electrons. The number of hydrogen-bond donors (Lipinski definition) is 0. The van der Waals surface area contributed by atoms with E-state index >= 15 is 0 Å². The standard InChI is InChI=1S/C16H21N3O/c1-12(2)18-7-5-13(9-18)8-15-10-19-6-3-4-14(11-20)16(19)17-15/h3-4,6,10-13H,5,7-9H2,1-2H3. The minimum atomic E-state index is 0.628. The predicted octanol–water partition coefficient (Wildman–Crippen LogP) is 2.42. The van der Waals surface area contributed by atoms with E-state index in [0.29, 0.717) is 17.5 Å². The molecule has 1 unspecified atom stereocenters. The van der Waals surface area contributed by atoms with E-state index < -0.39 is 0 Å². The summed E-state index contributed by atoms with van der Waals surface area (Å²) in [4.78, 5) is 18.2. The first-order valence-electron chi connectivity index (χ1n) is 7.33. The van der Waals surface area contributed by atoms with Gasteiger partial charge in [-0.25, -0.2) is 4.98 Å². The Bertz CT molecular complexity index is 617. The minimum Gasteiger partial charge on any atom is -0.306 e. The summed E-state index contributed by atoms with van der Waals surface area (Å²) in [5, 5.41) is 0. The highest BCUT2D eigenvalue weighted by molar-refractivity contribution is 5.84. The molecule has 1 fully saturated rings. The maximum Gasteiger partial charge on any atom is 0.153 e. The average Bonchev–Trinajstić information content (AvgIpc) is 3.04. The molecule has 0 bridgehead atoms. The molecule has 2 aromatic heterocycles. The second kappa shape index (κ2) is 5.37. The van der Waals surface area contributed by atoms with Gasteiger partial charge in [-0.1, -0.05) is 0 Å². The number of fused-ring (bicyclic) bond motifs is 1. The highest BCUT2D eigenvalue weighted by Gasteiger charge is 2.25. The summed E-state index contributed by atoms with van der Waals surface area (Å²) in [6.07, 6.45) is 7.13. The van der Waals surface area contributed by atoms with E-state index in [-0.39, 0.29) is 0 Å². The lowest BCUT2D eigenvalue weighted by Gasteiger charge is -2.19. The number of rotatable bonds is 4. The van der Waals surface area contributed by atoms with E-state index in [1.165, 1.54) is 13.0 Å². The maximum atomic E-state index is 11.0. The van der Waals surface area contributed by atoms with Crippen LogP contribution < -0.4 is 0 Å². The zero-order valence-electron chi connectivity index (χ0n) is 12.1. The molecule has 0 N–H and O–H groups in total. The summed E-state index contributed by atoms with van der Waals surface area (Å²) < 4.78 is 1.95. The van der Waals surface area contributed by atoms with Crippen LogP contribution >= 0.6 is 0 Å². The van der Waals surface area contributed by atoms with Crippen molar-refractivity contribution in [3.8, 4) is 0 Å². The van der Waals surface area contributed by atoms with E-state index in [9.17, 15) is 4.79 Å². The van der Waals surface area contributed by atoms with Crippen LogP contribution in [0.25, 0.3) is 5.65 Å².